The number of hydrogen-bond acceptors (Lipinski definition) is 5. The van der Waals surface area contributed by atoms with E-state index in [9.17, 15) is 15.3 Å². The first-order valence-corrected chi connectivity index (χ1v) is 8.36. The normalized spacial score (nSPS) is 13.5. The van der Waals surface area contributed by atoms with Crippen LogP contribution in [0.15, 0.2) is 42.5 Å². The number of benzene rings is 2. The number of hydrogen-bond donors (Lipinski definition) is 1. The Balaban J connectivity index is 1.70. The molecule has 0 unspecified atom stereocenters. The summed E-state index contributed by atoms with van der Waals surface area (Å²) in [6.07, 6.45) is 0.346. The first-order chi connectivity index (χ1) is 12.7. The highest BCUT2D eigenvalue weighted by Crippen LogP contribution is 2.25. The second-order valence-corrected chi connectivity index (χ2v) is 5.94. The monoisotopic (exact) mass is 346 g/mol. The predicted octanol–water partition coefficient (Wildman–Crippen LogP) is 2.57. The average molecular weight is 346 g/mol. The molecule has 130 valence electrons. The Morgan fingerprint density at radius 3 is 2.23 bits per heavy atom. The van der Waals surface area contributed by atoms with E-state index in [-0.39, 0.29) is 5.91 Å². The minimum Gasteiger partial charge on any atom is -0.378 e. The maximum absolute atomic E-state index is 12.3. The summed E-state index contributed by atoms with van der Waals surface area (Å²) in [5.74, 6) is 0.0932. The second kappa shape index (κ2) is 8.15. The zero-order valence-electron chi connectivity index (χ0n) is 14.2. The van der Waals surface area contributed by atoms with Gasteiger partial charge in [-0.2, -0.15) is 10.5 Å². The highest BCUT2D eigenvalue weighted by atomic mass is 16.5. The summed E-state index contributed by atoms with van der Waals surface area (Å²) in [7, 11) is 0. The van der Waals surface area contributed by atoms with Crippen LogP contribution in [0.4, 0.5) is 11.4 Å². The largest absolute Gasteiger partial charge is 0.378 e. The van der Waals surface area contributed by atoms with E-state index >= 15 is 0 Å². The number of carbonyl (C=O) groups excluding carboxylic acids is 1. The number of carbonyl (C=O) groups is 1. The van der Waals surface area contributed by atoms with Gasteiger partial charge in [0.15, 0.2) is 0 Å². The summed E-state index contributed by atoms with van der Waals surface area (Å²) in [5.41, 5.74) is 2.99. The summed E-state index contributed by atoms with van der Waals surface area (Å²) in [5, 5.41) is 21.6. The predicted molar refractivity (Wildman–Crippen MR) is 96.7 cm³/mol. The molecule has 1 amide bonds. The molecule has 1 aliphatic rings. The van der Waals surface area contributed by atoms with Crippen LogP contribution in [0.5, 0.6) is 0 Å². The number of anilines is 2. The lowest BCUT2D eigenvalue weighted by molar-refractivity contribution is -0.134. The molecule has 2 aromatic carbocycles. The van der Waals surface area contributed by atoms with Crippen LogP contribution in [0.2, 0.25) is 0 Å². The van der Waals surface area contributed by atoms with E-state index in [2.05, 4.69) is 17.5 Å². The Labute approximate surface area is 152 Å². The molecule has 1 saturated heterocycles. The fourth-order valence-electron chi connectivity index (χ4n) is 2.82. The van der Waals surface area contributed by atoms with Gasteiger partial charge in [-0.1, -0.05) is 18.2 Å². The Hall–Kier alpha value is -3.35. The number of nitriles is 2. The van der Waals surface area contributed by atoms with Crippen molar-refractivity contribution in [1.82, 2.24) is 4.90 Å². The van der Waals surface area contributed by atoms with Crippen molar-refractivity contribution in [2.45, 2.75) is 6.42 Å². The number of rotatable bonds is 4. The maximum atomic E-state index is 12.3. The van der Waals surface area contributed by atoms with E-state index in [1.807, 2.05) is 29.2 Å². The first-order valence-electron chi connectivity index (χ1n) is 8.36. The molecule has 1 N–H and O–H groups in total. The van der Waals surface area contributed by atoms with Gasteiger partial charge in [0.05, 0.1) is 36.4 Å². The van der Waals surface area contributed by atoms with Crippen molar-refractivity contribution in [3.63, 3.8) is 0 Å². The Morgan fingerprint density at radius 1 is 1.04 bits per heavy atom. The van der Waals surface area contributed by atoms with Gasteiger partial charge in [-0.15, -0.1) is 0 Å². The standard InChI is InChI=1S/C20H18N4O2/c21-13-16-2-1-3-17(14-22)20(16)23-18-6-4-15(5-7-18)12-19(25)24-8-10-26-11-9-24/h1-7,23H,8-12H2. The van der Waals surface area contributed by atoms with Gasteiger partial charge in [0.25, 0.3) is 0 Å². The van der Waals surface area contributed by atoms with Crippen LogP contribution in [0.25, 0.3) is 0 Å². The lowest BCUT2D eigenvalue weighted by atomic mass is 10.1. The molecule has 0 radical (unpaired) electrons. The Kier molecular flexibility index (Phi) is 5.48. The van der Waals surface area contributed by atoms with Crippen LogP contribution in [0, 0.1) is 22.7 Å². The van der Waals surface area contributed by atoms with Crippen molar-refractivity contribution in [3.8, 4) is 12.1 Å². The van der Waals surface area contributed by atoms with Crippen molar-refractivity contribution in [1.29, 1.82) is 10.5 Å². The molecule has 0 aliphatic carbocycles. The minimum absolute atomic E-state index is 0.0932. The van der Waals surface area contributed by atoms with E-state index in [0.717, 1.165) is 11.3 Å². The molecular weight excluding hydrogens is 328 g/mol. The van der Waals surface area contributed by atoms with Gasteiger partial charge in [0.2, 0.25) is 5.91 Å². The molecule has 1 aliphatic heterocycles. The van der Waals surface area contributed by atoms with Crippen molar-refractivity contribution in [2.24, 2.45) is 0 Å². The molecule has 0 aromatic heterocycles. The molecular formula is C20H18N4O2. The molecule has 0 spiro atoms. The molecule has 0 bridgehead atoms. The lowest BCUT2D eigenvalue weighted by Gasteiger charge is -2.26. The molecule has 6 nitrogen and oxygen atoms in total. The van der Waals surface area contributed by atoms with E-state index in [1.165, 1.54) is 0 Å². The minimum atomic E-state index is 0.0932. The van der Waals surface area contributed by atoms with E-state index in [4.69, 9.17) is 4.74 Å². The van der Waals surface area contributed by atoms with Crippen molar-refractivity contribution >= 4 is 17.3 Å². The highest BCUT2D eigenvalue weighted by Gasteiger charge is 2.17. The number of amides is 1. The zero-order valence-corrected chi connectivity index (χ0v) is 14.2. The number of nitrogens with one attached hydrogen (secondary N) is 1. The van der Waals surface area contributed by atoms with Crippen molar-refractivity contribution < 1.29 is 9.53 Å². The van der Waals surface area contributed by atoms with Gasteiger partial charge in [-0.25, -0.2) is 0 Å². The zero-order chi connectivity index (χ0) is 18.4. The van der Waals surface area contributed by atoms with Gasteiger partial charge in [0, 0.05) is 18.8 Å². The van der Waals surface area contributed by atoms with Crippen LogP contribution in [-0.4, -0.2) is 37.1 Å². The smallest absolute Gasteiger partial charge is 0.227 e. The number of para-hydroxylation sites is 1. The van der Waals surface area contributed by atoms with Gasteiger partial charge in [-0.3, -0.25) is 4.79 Å². The van der Waals surface area contributed by atoms with Crippen LogP contribution < -0.4 is 5.32 Å². The molecule has 26 heavy (non-hydrogen) atoms. The van der Waals surface area contributed by atoms with Crippen molar-refractivity contribution in [3.05, 3.63) is 59.2 Å². The molecule has 1 heterocycles. The molecule has 1 fully saturated rings. The summed E-state index contributed by atoms with van der Waals surface area (Å²) in [4.78, 5) is 14.1. The van der Waals surface area contributed by atoms with Crippen LogP contribution in [0.3, 0.4) is 0 Å². The fourth-order valence-corrected chi connectivity index (χ4v) is 2.82. The van der Waals surface area contributed by atoms with Crippen LogP contribution in [-0.2, 0) is 16.0 Å². The fraction of sp³-hybridized carbons (Fsp3) is 0.250. The second-order valence-electron chi connectivity index (χ2n) is 5.94. The van der Waals surface area contributed by atoms with Crippen LogP contribution >= 0.6 is 0 Å². The van der Waals surface area contributed by atoms with Gasteiger partial charge < -0.3 is 15.0 Å². The summed E-state index contributed by atoms with van der Waals surface area (Å²) in [6.45, 7) is 2.46. The third-order valence-corrected chi connectivity index (χ3v) is 4.25. The molecule has 0 atom stereocenters. The number of morpholine rings is 1. The van der Waals surface area contributed by atoms with E-state index < -0.39 is 0 Å². The topological polar surface area (TPSA) is 89.2 Å². The number of ether oxygens (including phenoxy) is 1. The quantitative estimate of drug-likeness (QED) is 0.919. The highest BCUT2D eigenvalue weighted by molar-refractivity contribution is 5.79. The molecule has 0 saturated carbocycles. The van der Waals surface area contributed by atoms with Gasteiger partial charge >= 0.3 is 0 Å². The third-order valence-electron chi connectivity index (χ3n) is 4.25. The van der Waals surface area contributed by atoms with Gasteiger partial charge in [0.1, 0.15) is 12.1 Å². The molecule has 3 rings (SSSR count). The SMILES string of the molecule is N#Cc1cccc(C#N)c1Nc1ccc(CC(=O)N2CCOCC2)cc1. The Morgan fingerprint density at radius 2 is 1.65 bits per heavy atom. The third kappa shape index (κ3) is 4.00. The first kappa shape index (κ1) is 17.5. The lowest BCUT2D eigenvalue weighted by Crippen LogP contribution is -2.41. The summed E-state index contributed by atoms with van der Waals surface area (Å²) < 4.78 is 5.26. The molecule has 6 heteroatoms. The van der Waals surface area contributed by atoms with E-state index in [0.29, 0.717) is 49.5 Å². The maximum Gasteiger partial charge on any atom is 0.227 e. The van der Waals surface area contributed by atoms with Gasteiger partial charge in [-0.05, 0) is 29.8 Å². The average Bonchev–Trinajstić information content (AvgIpc) is 2.70. The van der Waals surface area contributed by atoms with E-state index in [1.54, 1.807) is 18.2 Å². The summed E-state index contributed by atoms with van der Waals surface area (Å²) in [6, 6.07) is 16.6. The molecule has 2 aromatic rings. The number of nitrogens with zero attached hydrogens (tertiary/aromatic N) is 3. The van der Waals surface area contributed by atoms with Crippen LogP contribution in [0.1, 0.15) is 16.7 Å². The summed E-state index contributed by atoms with van der Waals surface area (Å²) >= 11 is 0. The van der Waals surface area contributed by atoms with Crippen molar-refractivity contribution in [2.75, 3.05) is 31.6 Å². The Bertz CT molecular complexity index is 840.